The fourth-order valence-corrected chi connectivity index (χ4v) is 2.21. The van der Waals surface area contributed by atoms with E-state index in [9.17, 15) is 0 Å². The van der Waals surface area contributed by atoms with Gasteiger partial charge in [-0.3, -0.25) is 0 Å². The molecule has 0 bridgehead atoms. The average molecular weight is 252 g/mol. The summed E-state index contributed by atoms with van der Waals surface area (Å²) in [6.07, 6.45) is 0.00352. The smallest absolute Gasteiger partial charge is 0.148 e. The van der Waals surface area contributed by atoms with E-state index in [-0.39, 0.29) is 6.10 Å². The molecule has 1 aromatic heterocycles. The fourth-order valence-electron chi connectivity index (χ4n) is 2.21. The maximum absolute atomic E-state index is 6.04. The second-order valence-corrected chi connectivity index (χ2v) is 4.65. The molecule has 1 heterocycles. The van der Waals surface area contributed by atoms with Gasteiger partial charge in [-0.15, -0.1) is 0 Å². The number of aryl methyl sites for hydroxylation is 1. The van der Waals surface area contributed by atoms with Crippen molar-refractivity contribution in [3.63, 3.8) is 0 Å². The minimum absolute atomic E-state index is 0.00352. The van der Waals surface area contributed by atoms with Gasteiger partial charge in [-0.1, -0.05) is 36.4 Å². The van der Waals surface area contributed by atoms with E-state index in [1.54, 1.807) is 0 Å². The second-order valence-electron chi connectivity index (χ2n) is 4.65. The molecule has 0 amide bonds. The molecule has 0 spiro atoms. The largest absolute Gasteiger partial charge is 0.484 e. The van der Waals surface area contributed by atoms with Crippen LogP contribution in [0.25, 0.3) is 11.0 Å². The molecule has 0 aliphatic carbocycles. The van der Waals surface area contributed by atoms with Gasteiger partial charge in [0.25, 0.3) is 0 Å². The van der Waals surface area contributed by atoms with Gasteiger partial charge in [-0.2, -0.15) is 0 Å². The number of hydrogen-bond donors (Lipinski definition) is 1. The van der Waals surface area contributed by atoms with Crippen LogP contribution in [0.2, 0.25) is 0 Å². The maximum atomic E-state index is 6.04. The van der Waals surface area contributed by atoms with Crippen LogP contribution in [0.15, 0.2) is 48.5 Å². The zero-order valence-electron chi connectivity index (χ0n) is 11.1. The Labute approximate surface area is 112 Å². The predicted molar refractivity (Wildman–Crippen MR) is 76.3 cm³/mol. The van der Waals surface area contributed by atoms with E-state index < -0.39 is 0 Å². The SMILES string of the molecule is Cc1nc2c(OC(C)c3ccccc3)cccc2[nH]1. The number of H-pyrrole nitrogens is 1. The van der Waals surface area contributed by atoms with Gasteiger partial charge >= 0.3 is 0 Å². The Morgan fingerprint density at radius 1 is 1.05 bits per heavy atom. The number of fused-ring (bicyclic) bond motifs is 1. The Balaban J connectivity index is 1.93. The molecule has 0 saturated carbocycles. The lowest BCUT2D eigenvalue weighted by atomic mass is 10.1. The Hall–Kier alpha value is -2.29. The Bertz CT molecular complexity index is 688. The number of aromatic amines is 1. The molecular formula is C16H16N2O. The molecule has 1 unspecified atom stereocenters. The summed E-state index contributed by atoms with van der Waals surface area (Å²) in [6, 6.07) is 16.1. The maximum Gasteiger partial charge on any atom is 0.148 e. The molecule has 3 nitrogen and oxygen atoms in total. The summed E-state index contributed by atoms with van der Waals surface area (Å²) in [6.45, 7) is 4.00. The summed E-state index contributed by atoms with van der Waals surface area (Å²) in [5, 5.41) is 0. The first kappa shape index (κ1) is 11.8. The normalized spacial score (nSPS) is 12.5. The highest BCUT2D eigenvalue weighted by Gasteiger charge is 2.11. The van der Waals surface area contributed by atoms with Crippen LogP contribution in [0.3, 0.4) is 0 Å². The van der Waals surface area contributed by atoms with Crippen LogP contribution in [0.5, 0.6) is 5.75 Å². The molecule has 0 radical (unpaired) electrons. The van der Waals surface area contributed by atoms with Crippen LogP contribution >= 0.6 is 0 Å². The van der Waals surface area contributed by atoms with Gasteiger partial charge in [-0.25, -0.2) is 4.98 Å². The molecule has 1 N–H and O–H groups in total. The lowest BCUT2D eigenvalue weighted by Gasteiger charge is -2.15. The minimum atomic E-state index is 0.00352. The van der Waals surface area contributed by atoms with Crippen molar-refractivity contribution < 1.29 is 4.74 Å². The van der Waals surface area contributed by atoms with Crippen molar-refractivity contribution in [2.24, 2.45) is 0 Å². The van der Waals surface area contributed by atoms with Crippen molar-refractivity contribution in [1.29, 1.82) is 0 Å². The summed E-state index contributed by atoms with van der Waals surface area (Å²) in [7, 11) is 0. The first-order chi connectivity index (χ1) is 9.24. The number of nitrogens with zero attached hydrogens (tertiary/aromatic N) is 1. The van der Waals surface area contributed by atoms with E-state index in [1.807, 2.05) is 50.2 Å². The van der Waals surface area contributed by atoms with Gasteiger partial charge in [0.2, 0.25) is 0 Å². The van der Waals surface area contributed by atoms with Gasteiger partial charge in [0.05, 0.1) is 5.52 Å². The zero-order chi connectivity index (χ0) is 13.2. The molecule has 0 aliphatic rings. The predicted octanol–water partition coefficient (Wildman–Crippen LogP) is 4.01. The topological polar surface area (TPSA) is 37.9 Å². The number of aromatic nitrogens is 2. The number of hydrogen-bond acceptors (Lipinski definition) is 2. The molecule has 0 saturated heterocycles. The first-order valence-corrected chi connectivity index (χ1v) is 6.41. The van der Waals surface area contributed by atoms with E-state index in [4.69, 9.17) is 4.74 Å². The highest BCUT2D eigenvalue weighted by atomic mass is 16.5. The molecule has 3 heteroatoms. The van der Waals surface area contributed by atoms with Gasteiger partial charge in [0.15, 0.2) is 0 Å². The van der Waals surface area contributed by atoms with Crippen molar-refractivity contribution >= 4 is 11.0 Å². The standard InChI is InChI=1S/C16H16N2O/c1-11(13-7-4-3-5-8-13)19-15-10-6-9-14-16(15)18-12(2)17-14/h3-11H,1-2H3,(H,17,18). The number of nitrogens with one attached hydrogen (secondary N) is 1. The molecule has 2 aromatic carbocycles. The number of benzene rings is 2. The van der Waals surface area contributed by atoms with Gasteiger partial charge in [0, 0.05) is 0 Å². The molecule has 3 rings (SSSR count). The first-order valence-electron chi connectivity index (χ1n) is 6.41. The molecular weight excluding hydrogens is 236 g/mol. The van der Waals surface area contributed by atoms with Crippen molar-refractivity contribution in [1.82, 2.24) is 9.97 Å². The quantitative estimate of drug-likeness (QED) is 0.764. The summed E-state index contributed by atoms with van der Waals surface area (Å²) in [5.74, 6) is 1.72. The fraction of sp³-hybridized carbons (Fsp3) is 0.188. The second kappa shape index (κ2) is 4.76. The number of para-hydroxylation sites is 1. The minimum Gasteiger partial charge on any atom is -0.484 e. The van der Waals surface area contributed by atoms with Crippen LogP contribution < -0.4 is 4.74 Å². The number of ether oxygens (including phenoxy) is 1. The Morgan fingerprint density at radius 2 is 1.84 bits per heavy atom. The Kier molecular flexibility index (Phi) is 2.95. The molecule has 19 heavy (non-hydrogen) atoms. The van der Waals surface area contributed by atoms with Crippen LogP contribution in [0, 0.1) is 6.92 Å². The highest BCUT2D eigenvalue weighted by molar-refractivity contribution is 5.81. The number of rotatable bonds is 3. The Morgan fingerprint density at radius 3 is 2.63 bits per heavy atom. The van der Waals surface area contributed by atoms with Crippen molar-refractivity contribution in [2.75, 3.05) is 0 Å². The van der Waals surface area contributed by atoms with Crippen LogP contribution in [-0.2, 0) is 0 Å². The molecule has 1 atom stereocenters. The van der Waals surface area contributed by atoms with Gasteiger partial charge in [-0.05, 0) is 31.5 Å². The monoisotopic (exact) mass is 252 g/mol. The van der Waals surface area contributed by atoms with Crippen molar-refractivity contribution in [3.05, 3.63) is 59.9 Å². The summed E-state index contributed by atoms with van der Waals surface area (Å²) >= 11 is 0. The van der Waals surface area contributed by atoms with E-state index in [0.29, 0.717) is 0 Å². The molecule has 0 aliphatic heterocycles. The van der Waals surface area contributed by atoms with Gasteiger partial charge < -0.3 is 9.72 Å². The van der Waals surface area contributed by atoms with Gasteiger partial charge in [0.1, 0.15) is 23.2 Å². The van der Waals surface area contributed by atoms with Crippen LogP contribution in [-0.4, -0.2) is 9.97 Å². The molecule has 3 aromatic rings. The van der Waals surface area contributed by atoms with E-state index >= 15 is 0 Å². The van der Waals surface area contributed by atoms with E-state index in [0.717, 1.165) is 28.2 Å². The number of imidazole rings is 1. The highest BCUT2D eigenvalue weighted by Crippen LogP contribution is 2.28. The third kappa shape index (κ3) is 2.32. The average Bonchev–Trinajstić information content (AvgIpc) is 2.81. The molecule has 96 valence electrons. The molecule has 0 fully saturated rings. The zero-order valence-corrected chi connectivity index (χ0v) is 11.1. The summed E-state index contributed by atoms with van der Waals surface area (Å²) < 4.78 is 6.04. The van der Waals surface area contributed by atoms with Crippen LogP contribution in [0.4, 0.5) is 0 Å². The van der Waals surface area contributed by atoms with E-state index in [1.165, 1.54) is 0 Å². The summed E-state index contributed by atoms with van der Waals surface area (Å²) in [4.78, 5) is 7.70. The van der Waals surface area contributed by atoms with Crippen molar-refractivity contribution in [2.45, 2.75) is 20.0 Å². The van der Waals surface area contributed by atoms with Crippen molar-refractivity contribution in [3.8, 4) is 5.75 Å². The lowest BCUT2D eigenvalue weighted by Crippen LogP contribution is -2.03. The van der Waals surface area contributed by atoms with E-state index in [2.05, 4.69) is 22.1 Å². The third-order valence-electron chi connectivity index (χ3n) is 3.17. The lowest BCUT2D eigenvalue weighted by molar-refractivity contribution is 0.229. The van der Waals surface area contributed by atoms with Crippen LogP contribution in [0.1, 0.15) is 24.4 Å². The summed E-state index contributed by atoms with van der Waals surface area (Å²) in [5.41, 5.74) is 3.06. The third-order valence-corrected chi connectivity index (χ3v) is 3.17.